The number of rotatable bonds is 2. The monoisotopic (exact) mass is 157 g/mol. The van der Waals surface area contributed by atoms with E-state index in [2.05, 4.69) is 25.7 Å². The molecule has 0 amide bonds. The SMILES string of the molecule is CC(C)(C)CC1CN(CO)C1. The molecule has 11 heavy (non-hydrogen) atoms. The second kappa shape index (κ2) is 3.11. The lowest BCUT2D eigenvalue weighted by atomic mass is 9.81. The molecule has 0 spiro atoms. The normalized spacial score (nSPS) is 21.8. The largest absolute Gasteiger partial charge is 0.381 e. The van der Waals surface area contributed by atoms with Gasteiger partial charge in [0.1, 0.15) is 0 Å². The quantitative estimate of drug-likeness (QED) is 0.653. The van der Waals surface area contributed by atoms with Crippen molar-refractivity contribution in [3.05, 3.63) is 0 Å². The molecule has 0 radical (unpaired) electrons. The summed E-state index contributed by atoms with van der Waals surface area (Å²) in [6.07, 6.45) is 1.28. The molecule has 0 atom stereocenters. The first-order valence-electron chi connectivity index (χ1n) is 4.34. The number of nitrogens with zero attached hydrogens (tertiary/aromatic N) is 1. The third-order valence-corrected chi connectivity index (χ3v) is 2.13. The molecular formula is C9H19NO. The van der Waals surface area contributed by atoms with Crippen LogP contribution in [0.5, 0.6) is 0 Å². The van der Waals surface area contributed by atoms with E-state index in [-0.39, 0.29) is 6.73 Å². The first kappa shape index (κ1) is 9.01. The zero-order valence-electron chi connectivity index (χ0n) is 7.80. The van der Waals surface area contributed by atoms with Crippen molar-refractivity contribution in [2.45, 2.75) is 27.2 Å². The lowest BCUT2D eigenvalue weighted by Gasteiger charge is -2.40. The molecule has 0 aliphatic carbocycles. The molecule has 2 nitrogen and oxygen atoms in total. The van der Waals surface area contributed by atoms with Crippen LogP contribution in [0.3, 0.4) is 0 Å². The molecule has 1 rings (SSSR count). The highest BCUT2D eigenvalue weighted by Crippen LogP contribution is 2.29. The summed E-state index contributed by atoms with van der Waals surface area (Å²) in [6, 6.07) is 0. The third-order valence-electron chi connectivity index (χ3n) is 2.13. The van der Waals surface area contributed by atoms with Crippen molar-refractivity contribution in [2.24, 2.45) is 11.3 Å². The molecule has 1 saturated heterocycles. The van der Waals surface area contributed by atoms with Gasteiger partial charge in [0.05, 0.1) is 6.73 Å². The fourth-order valence-electron chi connectivity index (χ4n) is 1.79. The Bertz CT molecular complexity index is 122. The van der Waals surface area contributed by atoms with Gasteiger partial charge in [-0.2, -0.15) is 0 Å². The summed E-state index contributed by atoms with van der Waals surface area (Å²) in [5.41, 5.74) is 0.451. The zero-order chi connectivity index (χ0) is 8.48. The van der Waals surface area contributed by atoms with Crippen LogP contribution in [0.1, 0.15) is 27.2 Å². The third kappa shape index (κ3) is 2.80. The van der Waals surface area contributed by atoms with Gasteiger partial charge < -0.3 is 5.11 Å². The van der Waals surface area contributed by atoms with Crippen molar-refractivity contribution in [3.63, 3.8) is 0 Å². The Hall–Kier alpha value is -0.0800. The number of aliphatic hydroxyl groups is 1. The number of likely N-dealkylation sites (tertiary alicyclic amines) is 1. The van der Waals surface area contributed by atoms with E-state index in [1.807, 2.05) is 0 Å². The molecule has 1 fully saturated rings. The summed E-state index contributed by atoms with van der Waals surface area (Å²) >= 11 is 0. The van der Waals surface area contributed by atoms with Gasteiger partial charge in [0.25, 0.3) is 0 Å². The van der Waals surface area contributed by atoms with Gasteiger partial charge in [0.15, 0.2) is 0 Å². The predicted octanol–water partition coefficient (Wildman–Crippen LogP) is 1.30. The molecule has 1 N–H and O–H groups in total. The van der Waals surface area contributed by atoms with E-state index in [1.165, 1.54) is 6.42 Å². The highest BCUT2D eigenvalue weighted by atomic mass is 16.3. The summed E-state index contributed by atoms with van der Waals surface area (Å²) in [5, 5.41) is 8.73. The Morgan fingerprint density at radius 1 is 1.36 bits per heavy atom. The average molecular weight is 157 g/mol. The highest BCUT2D eigenvalue weighted by Gasteiger charge is 2.29. The molecule has 0 bridgehead atoms. The van der Waals surface area contributed by atoms with Crippen molar-refractivity contribution in [3.8, 4) is 0 Å². The molecule has 0 saturated carbocycles. The van der Waals surface area contributed by atoms with Crippen LogP contribution in [0.15, 0.2) is 0 Å². The first-order valence-corrected chi connectivity index (χ1v) is 4.34. The molecule has 0 aromatic heterocycles. The summed E-state index contributed by atoms with van der Waals surface area (Å²) < 4.78 is 0. The highest BCUT2D eigenvalue weighted by molar-refractivity contribution is 4.81. The molecule has 1 aliphatic heterocycles. The van der Waals surface area contributed by atoms with Crippen LogP contribution in [-0.2, 0) is 0 Å². The van der Waals surface area contributed by atoms with Crippen LogP contribution in [-0.4, -0.2) is 29.8 Å². The van der Waals surface area contributed by atoms with Crippen molar-refractivity contribution in [2.75, 3.05) is 19.8 Å². The van der Waals surface area contributed by atoms with E-state index < -0.39 is 0 Å². The Morgan fingerprint density at radius 3 is 2.27 bits per heavy atom. The van der Waals surface area contributed by atoms with Crippen LogP contribution in [0.4, 0.5) is 0 Å². The summed E-state index contributed by atoms with van der Waals surface area (Å²) in [5.74, 6) is 0.821. The summed E-state index contributed by atoms with van der Waals surface area (Å²) in [6.45, 7) is 9.24. The maximum absolute atomic E-state index is 8.73. The van der Waals surface area contributed by atoms with E-state index in [0.29, 0.717) is 5.41 Å². The van der Waals surface area contributed by atoms with Crippen LogP contribution in [0.25, 0.3) is 0 Å². The molecule has 1 heterocycles. The smallest absolute Gasteiger partial charge is 0.0956 e. The molecule has 66 valence electrons. The summed E-state index contributed by atoms with van der Waals surface area (Å²) in [7, 11) is 0. The van der Waals surface area contributed by atoms with Gasteiger partial charge in [0.2, 0.25) is 0 Å². The van der Waals surface area contributed by atoms with Crippen molar-refractivity contribution in [1.82, 2.24) is 4.90 Å². The topological polar surface area (TPSA) is 23.5 Å². The fourth-order valence-corrected chi connectivity index (χ4v) is 1.79. The second-order valence-electron chi connectivity index (χ2n) is 4.81. The number of hydrogen-bond acceptors (Lipinski definition) is 2. The maximum atomic E-state index is 8.73. The fraction of sp³-hybridized carbons (Fsp3) is 1.00. The van der Waals surface area contributed by atoms with Crippen molar-refractivity contribution < 1.29 is 5.11 Å². The van der Waals surface area contributed by atoms with Crippen LogP contribution < -0.4 is 0 Å². The van der Waals surface area contributed by atoms with E-state index in [0.717, 1.165) is 19.0 Å². The van der Waals surface area contributed by atoms with Gasteiger partial charge in [-0.05, 0) is 17.8 Å². The van der Waals surface area contributed by atoms with Gasteiger partial charge in [0, 0.05) is 13.1 Å². The van der Waals surface area contributed by atoms with Gasteiger partial charge in [-0.1, -0.05) is 20.8 Å². The van der Waals surface area contributed by atoms with Crippen LogP contribution in [0.2, 0.25) is 0 Å². The van der Waals surface area contributed by atoms with Crippen molar-refractivity contribution >= 4 is 0 Å². The standard InChI is InChI=1S/C9H19NO/c1-9(2,3)4-8-5-10(6-8)7-11/h8,11H,4-7H2,1-3H3. The minimum absolute atomic E-state index is 0.237. The maximum Gasteiger partial charge on any atom is 0.0956 e. The second-order valence-corrected chi connectivity index (χ2v) is 4.81. The number of aliphatic hydroxyl groups excluding tert-OH is 1. The van der Waals surface area contributed by atoms with E-state index >= 15 is 0 Å². The van der Waals surface area contributed by atoms with E-state index in [1.54, 1.807) is 0 Å². The molecule has 0 aromatic rings. The summed E-state index contributed by atoms with van der Waals surface area (Å²) in [4.78, 5) is 2.07. The Morgan fingerprint density at radius 2 is 1.91 bits per heavy atom. The van der Waals surface area contributed by atoms with Gasteiger partial charge in [-0.25, -0.2) is 0 Å². The molecule has 1 aliphatic rings. The first-order chi connectivity index (χ1) is 5.01. The Labute approximate surface area is 69.2 Å². The molecule has 2 heteroatoms. The Balaban J connectivity index is 2.14. The minimum Gasteiger partial charge on any atom is -0.381 e. The van der Waals surface area contributed by atoms with Gasteiger partial charge >= 0.3 is 0 Å². The lowest BCUT2D eigenvalue weighted by molar-refractivity contribution is -0.00185. The molecule has 0 unspecified atom stereocenters. The molecule has 0 aromatic carbocycles. The zero-order valence-corrected chi connectivity index (χ0v) is 7.80. The van der Waals surface area contributed by atoms with E-state index in [9.17, 15) is 0 Å². The molecular weight excluding hydrogens is 138 g/mol. The lowest BCUT2D eigenvalue weighted by Crippen LogP contribution is -2.48. The number of hydrogen-bond donors (Lipinski definition) is 1. The van der Waals surface area contributed by atoms with E-state index in [4.69, 9.17) is 5.11 Å². The van der Waals surface area contributed by atoms with Gasteiger partial charge in [-0.15, -0.1) is 0 Å². The Kier molecular flexibility index (Phi) is 2.55. The van der Waals surface area contributed by atoms with Crippen molar-refractivity contribution in [1.29, 1.82) is 0 Å². The minimum atomic E-state index is 0.237. The predicted molar refractivity (Wildman–Crippen MR) is 46.2 cm³/mol. The average Bonchev–Trinajstić information content (AvgIpc) is 1.75. The van der Waals surface area contributed by atoms with Crippen LogP contribution in [0, 0.1) is 11.3 Å². The van der Waals surface area contributed by atoms with Gasteiger partial charge in [-0.3, -0.25) is 4.90 Å². The van der Waals surface area contributed by atoms with Crippen LogP contribution >= 0.6 is 0 Å².